The lowest BCUT2D eigenvalue weighted by Crippen LogP contribution is -2.10. The molecule has 2 aromatic heterocycles. The van der Waals surface area contributed by atoms with Gasteiger partial charge in [-0.15, -0.1) is 0 Å². The lowest BCUT2D eigenvalue weighted by atomic mass is 10.2. The van der Waals surface area contributed by atoms with Crippen LogP contribution in [0.1, 0.15) is 21.7 Å². The summed E-state index contributed by atoms with van der Waals surface area (Å²) in [6.07, 6.45) is 4.98. The van der Waals surface area contributed by atoms with Gasteiger partial charge in [0, 0.05) is 12.4 Å². The van der Waals surface area contributed by atoms with Crippen molar-refractivity contribution in [3.8, 4) is 0 Å². The summed E-state index contributed by atoms with van der Waals surface area (Å²) in [5, 5.41) is 3.05. The van der Waals surface area contributed by atoms with Crippen molar-refractivity contribution in [3.63, 3.8) is 0 Å². The standard InChI is InChI=1S/C13H14N4O2/c1-9-6-16-10(7-15-9)8-17-12-11(13(18)19-2)4-3-5-14-12/h3-7H,8H2,1-2H3,(H,14,17). The van der Waals surface area contributed by atoms with Crippen molar-refractivity contribution in [2.45, 2.75) is 13.5 Å². The predicted molar refractivity (Wildman–Crippen MR) is 69.7 cm³/mol. The molecule has 1 N–H and O–H groups in total. The van der Waals surface area contributed by atoms with Gasteiger partial charge in [0.25, 0.3) is 0 Å². The maximum Gasteiger partial charge on any atom is 0.341 e. The molecule has 0 unspecified atom stereocenters. The largest absolute Gasteiger partial charge is 0.465 e. The smallest absolute Gasteiger partial charge is 0.341 e. The number of hydrogen-bond acceptors (Lipinski definition) is 6. The number of rotatable bonds is 4. The van der Waals surface area contributed by atoms with Crippen molar-refractivity contribution >= 4 is 11.8 Å². The third kappa shape index (κ3) is 3.25. The van der Waals surface area contributed by atoms with E-state index in [1.807, 2.05) is 6.92 Å². The number of nitrogens with one attached hydrogen (secondary N) is 1. The topological polar surface area (TPSA) is 77.0 Å². The first-order valence-electron chi connectivity index (χ1n) is 5.75. The van der Waals surface area contributed by atoms with E-state index in [9.17, 15) is 4.79 Å². The third-order valence-corrected chi connectivity index (χ3v) is 2.48. The molecule has 0 aliphatic carbocycles. The quantitative estimate of drug-likeness (QED) is 0.839. The van der Waals surface area contributed by atoms with Crippen molar-refractivity contribution in [2.24, 2.45) is 0 Å². The fourth-order valence-electron chi connectivity index (χ4n) is 1.51. The van der Waals surface area contributed by atoms with Gasteiger partial charge in [-0.2, -0.15) is 0 Å². The second kappa shape index (κ2) is 5.90. The van der Waals surface area contributed by atoms with Gasteiger partial charge in [-0.25, -0.2) is 9.78 Å². The lowest BCUT2D eigenvalue weighted by Gasteiger charge is -2.08. The highest BCUT2D eigenvalue weighted by atomic mass is 16.5. The molecule has 2 aromatic rings. The molecule has 6 heteroatoms. The average Bonchev–Trinajstić information content (AvgIpc) is 2.46. The molecule has 6 nitrogen and oxygen atoms in total. The molecule has 0 bridgehead atoms. The molecular weight excluding hydrogens is 244 g/mol. The van der Waals surface area contributed by atoms with E-state index in [2.05, 4.69) is 20.3 Å². The van der Waals surface area contributed by atoms with E-state index in [1.54, 1.807) is 30.7 Å². The number of esters is 1. The number of hydrogen-bond donors (Lipinski definition) is 1. The summed E-state index contributed by atoms with van der Waals surface area (Å²) in [6.45, 7) is 2.31. The molecule has 0 amide bonds. The number of aryl methyl sites for hydroxylation is 1. The summed E-state index contributed by atoms with van der Waals surface area (Å²) >= 11 is 0. The molecule has 0 spiro atoms. The van der Waals surface area contributed by atoms with Gasteiger partial charge in [0.2, 0.25) is 0 Å². The van der Waals surface area contributed by atoms with Crippen LogP contribution in [0.4, 0.5) is 5.82 Å². The van der Waals surface area contributed by atoms with E-state index in [0.717, 1.165) is 11.4 Å². The molecule has 0 atom stereocenters. The number of ether oxygens (including phenoxy) is 1. The summed E-state index contributed by atoms with van der Waals surface area (Å²) in [4.78, 5) is 24.0. The van der Waals surface area contributed by atoms with Crippen LogP contribution >= 0.6 is 0 Å². The molecule has 2 rings (SSSR count). The summed E-state index contributed by atoms with van der Waals surface area (Å²) in [5.41, 5.74) is 2.02. The molecule has 0 fully saturated rings. The van der Waals surface area contributed by atoms with E-state index in [4.69, 9.17) is 4.74 Å². The molecule has 0 saturated heterocycles. The van der Waals surface area contributed by atoms with Crippen LogP contribution in [0.5, 0.6) is 0 Å². The molecule has 0 aromatic carbocycles. The lowest BCUT2D eigenvalue weighted by molar-refractivity contribution is 0.0601. The highest BCUT2D eigenvalue weighted by molar-refractivity contribution is 5.94. The van der Waals surface area contributed by atoms with Gasteiger partial charge in [0.05, 0.1) is 31.2 Å². The van der Waals surface area contributed by atoms with Gasteiger partial charge in [-0.05, 0) is 19.1 Å². The highest BCUT2D eigenvalue weighted by Gasteiger charge is 2.12. The van der Waals surface area contributed by atoms with Gasteiger partial charge in [-0.3, -0.25) is 9.97 Å². The van der Waals surface area contributed by atoms with Crippen LogP contribution in [0.3, 0.4) is 0 Å². The molecule has 0 saturated carbocycles. The van der Waals surface area contributed by atoms with Crippen LogP contribution in [-0.4, -0.2) is 28.0 Å². The van der Waals surface area contributed by atoms with E-state index in [0.29, 0.717) is 17.9 Å². The van der Waals surface area contributed by atoms with Crippen LogP contribution in [0.25, 0.3) is 0 Å². The molecule has 2 heterocycles. The van der Waals surface area contributed by atoms with Gasteiger partial charge in [-0.1, -0.05) is 0 Å². The Kier molecular flexibility index (Phi) is 4.02. The summed E-state index contributed by atoms with van der Waals surface area (Å²) < 4.78 is 4.70. The molecule has 0 radical (unpaired) electrons. The van der Waals surface area contributed by atoms with Crippen molar-refractivity contribution < 1.29 is 9.53 Å². The summed E-state index contributed by atoms with van der Waals surface area (Å²) in [7, 11) is 1.34. The highest BCUT2D eigenvalue weighted by Crippen LogP contribution is 2.13. The van der Waals surface area contributed by atoms with Crippen LogP contribution < -0.4 is 5.32 Å². The number of methoxy groups -OCH3 is 1. The van der Waals surface area contributed by atoms with Crippen molar-refractivity contribution in [3.05, 3.63) is 47.7 Å². The second-order valence-electron chi connectivity index (χ2n) is 3.89. The zero-order chi connectivity index (χ0) is 13.7. The molecule has 0 aliphatic heterocycles. The predicted octanol–water partition coefficient (Wildman–Crippen LogP) is 1.58. The van der Waals surface area contributed by atoms with Crippen LogP contribution in [0.15, 0.2) is 30.7 Å². The first-order chi connectivity index (χ1) is 9.20. The monoisotopic (exact) mass is 258 g/mol. The molecular formula is C13H14N4O2. The minimum Gasteiger partial charge on any atom is -0.465 e. The fraction of sp³-hybridized carbons (Fsp3) is 0.231. The van der Waals surface area contributed by atoms with Gasteiger partial charge in [0.15, 0.2) is 0 Å². The number of anilines is 1. The Morgan fingerprint density at radius 1 is 1.32 bits per heavy atom. The fourth-order valence-corrected chi connectivity index (χ4v) is 1.51. The maximum atomic E-state index is 11.6. The Morgan fingerprint density at radius 3 is 2.84 bits per heavy atom. The van der Waals surface area contributed by atoms with Crippen LogP contribution in [-0.2, 0) is 11.3 Å². The van der Waals surface area contributed by atoms with Crippen molar-refractivity contribution in [2.75, 3.05) is 12.4 Å². The SMILES string of the molecule is COC(=O)c1cccnc1NCc1cnc(C)cn1. The Hall–Kier alpha value is -2.50. The summed E-state index contributed by atoms with van der Waals surface area (Å²) in [6, 6.07) is 3.34. The number of pyridine rings is 1. The zero-order valence-electron chi connectivity index (χ0n) is 10.8. The Morgan fingerprint density at radius 2 is 2.16 bits per heavy atom. The summed E-state index contributed by atoms with van der Waals surface area (Å²) in [5.74, 6) is 0.0438. The third-order valence-electron chi connectivity index (χ3n) is 2.48. The first-order valence-corrected chi connectivity index (χ1v) is 5.75. The normalized spacial score (nSPS) is 10.0. The second-order valence-corrected chi connectivity index (χ2v) is 3.89. The van der Waals surface area contributed by atoms with Crippen LogP contribution in [0, 0.1) is 6.92 Å². The van der Waals surface area contributed by atoms with E-state index >= 15 is 0 Å². The zero-order valence-corrected chi connectivity index (χ0v) is 10.8. The minimum atomic E-state index is -0.425. The van der Waals surface area contributed by atoms with Crippen molar-refractivity contribution in [1.29, 1.82) is 0 Å². The Labute approximate surface area is 110 Å². The minimum absolute atomic E-state index is 0.394. The number of aromatic nitrogens is 3. The van der Waals surface area contributed by atoms with E-state index in [1.165, 1.54) is 7.11 Å². The molecule has 19 heavy (non-hydrogen) atoms. The average molecular weight is 258 g/mol. The molecule has 0 aliphatic rings. The number of nitrogens with zero attached hydrogens (tertiary/aromatic N) is 3. The number of carbonyl (C=O) groups is 1. The van der Waals surface area contributed by atoms with Gasteiger partial charge in [0.1, 0.15) is 11.4 Å². The van der Waals surface area contributed by atoms with Crippen molar-refractivity contribution in [1.82, 2.24) is 15.0 Å². The number of carbonyl (C=O) groups excluding carboxylic acids is 1. The van der Waals surface area contributed by atoms with E-state index in [-0.39, 0.29) is 0 Å². The molecule has 98 valence electrons. The first kappa shape index (κ1) is 12.9. The maximum absolute atomic E-state index is 11.6. The Balaban J connectivity index is 2.11. The van der Waals surface area contributed by atoms with E-state index < -0.39 is 5.97 Å². The Bertz CT molecular complexity index is 569. The van der Waals surface area contributed by atoms with Gasteiger partial charge >= 0.3 is 5.97 Å². The van der Waals surface area contributed by atoms with Gasteiger partial charge < -0.3 is 10.1 Å². The van der Waals surface area contributed by atoms with Crippen LogP contribution in [0.2, 0.25) is 0 Å².